The average Bonchev–Trinajstić information content (AvgIpc) is 2.49. The molecule has 0 radical (unpaired) electrons. The van der Waals surface area contributed by atoms with Gasteiger partial charge in [-0.05, 0) is 77.1 Å². The number of unbranched alkanes of at least 4 members (excludes halogenated alkanes) is 5. The summed E-state index contributed by atoms with van der Waals surface area (Å²) in [5.74, 6) is 0.863. The van der Waals surface area contributed by atoms with Crippen LogP contribution in [0.4, 0.5) is 0 Å². The highest BCUT2D eigenvalue weighted by molar-refractivity contribution is 14.1. The van der Waals surface area contributed by atoms with Crippen molar-refractivity contribution < 1.29 is 4.74 Å². The molecule has 0 N–H and O–H groups in total. The molecule has 0 fully saturated rings. The van der Waals surface area contributed by atoms with Crippen LogP contribution in [0.3, 0.4) is 0 Å². The summed E-state index contributed by atoms with van der Waals surface area (Å²) in [7, 11) is 1.71. The normalized spacial score (nSPS) is 12.2. The molecule has 21 heavy (non-hydrogen) atoms. The van der Waals surface area contributed by atoms with Gasteiger partial charge in [0, 0.05) is 9.27 Å². The van der Waals surface area contributed by atoms with Gasteiger partial charge >= 0.3 is 0 Å². The molecule has 0 aromatic carbocycles. The number of ether oxygens (including phenoxy) is 1. The lowest BCUT2D eigenvalue weighted by molar-refractivity contribution is 0.411. The van der Waals surface area contributed by atoms with E-state index < -0.39 is 0 Å². The summed E-state index contributed by atoms with van der Waals surface area (Å²) in [5.41, 5.74) is 2.01. The maximum Gasteiger partial charge on any atom is 0.145 e. The summed E-state index contributed by atoms with van der Waals surface area (Å²) < 4.78 is 8.05. The number of hydrogen-bond donors (Lipinski definition) is 0. The zero-order valence-electron chi connectivity index (χ0n) is 13.2. The van der Waals surface area contributed by atoms with Gasteiger partial charge in [0.2, 0.25) is 0 Å². The smallest absolute Gasteiger partial charge is 0.145 e. The van der Waals surface area contributed by atoms with Crippen molar-refractivity contribution in [3.05, 3.63) is 27.1 Å². The monoisotopic (exact) mass is 513 g/mol. The van der Waals surface area contributed by atoms with Crippen molar-refractivity contribution in [1.29, 1.82) is 0 Å². The Balaban J connectivity index is 2.62. The van der Waals surface area contributed by atoms with E-state index in [4.69, 9.17) is 4.74 Å². The fourth-order valence-corrected chi connectivity index (χ4v) is 3.46. The van der Waals surface area contributed by atoms with Crippen molar-refractivity contribution in [1.82, 2.24) is 4.98 Å². The van der Waals surface area contributed by atoms with Crippen molar-refractivity contribution in [2.45, 2.75) is 58.8 Å². The van der Waals surface area contributed by atoms with Gasteiger partial charge in [0.05, 0.1) is 10.7 Å². The SMILES string of the molecule is CCCCCCCC/C(I)=C(\I)c1nc(C)ccc1OC. The number of methoxy groups -OCH3 is 1. The number of allylic oxidation sites excluding steroid dienone is 1. The maximum atomic E-state index is 5.44. The van der Waals surface area contributed by atoms with Crippen molar-refractivity contribution in [3.63, 3.8) is 0 Å². The summed E-state index contributed by atoms with van der Waals surface area (Å²) in [4.78, 5) is 4.64. The minimum Gasteiger partial charge on any atom is -0.494 e. The van der Waals surface area contributed by atoms with Gasteiger partial charge in [-0.1, -0.05) is 39.0 Å². The molecule has 0 aliphatic rings. The van der Waals surface area contributed by atoms with E-state index in [-0.39, 0.29) is 0 Å². The number of aromatic nitrogens is 1. The van der Waals surface area contributed by atoms with Crippen molar-refractivity contribution in [2.24, 2.45) is 0 Å². The first kappa shape index (κ1) is 19.2. The van der Waals surface area contributed by atoms with E-state index in [9.17, 15) is 0 Å². The zero-order valence-corrected chi connectivity index (χ0v) is 17.5. The Hall–Kier alpha value is 0.150. The van der Waals surface area contributed by atoms with Crippen LogP contribution in [0.2, 0.25) is 0 Å². The van der Waals surface area contributed by atoms with Crippen LogP contribution in [0.15, 0.2) is 15.7 Å². The quantitative estimate of drug-likeness (QED) is 0.271. The van der Waals surface area contributed by atoms with Gasteiger partial charge in [0.1, 0.15) is 11.4 Å². The molecular formula is C17H25I2NO. The molecule has 1 aromatic heterocycles. The van der Waals surface area contributed by atoms with E-state index in [2.05, 4.69) is 57.1 Å². The summed E-state index contributed by atoms with van der Waals surface area (Å²) >= 11 is 4.86. The first-order valence-electron chi connectivity index (χ1n) is 7.66. The van der Waals surface area contributed by atoms with Crippen LogP contribution in [-0.2, 0) is 0 Å². The van der Waals surface area contributed by atoms with Crippen LogP contribution in [0.5, 0.6) is 5.75 Å². The molecule has 1 heterocycles. The minimum absolute atomic E-state index is 0.863. The molecule has 0 aliphatic carbocycles. The van der Waals surface area contributed by atoms with Crippen molar-refractivity contribution >= 4 is 48.8 Å². The lowest BCUT2D eigenvalue weighted by Crippen LogP contribution is -1.95. The van der Waals surface area contributed by atoms with Gasteiger partial charge in [0.25, 0.3) is 0 Å². The summed E-state index contributed by atoms with van der Waals surface area (Å²) in [6.07, 6.45) is 9.16. The molecule has 118 valence electrons. The molecular weight excluding hydrogens is 488 g/mol. The molecule has 1 aromatic rings. The largest absolute Gasteiger partial charge is 0.494 e. The van der Waals surface area contributed by atoms with Crippen LogP contribution in [0.1, 0.15) is 63.3 Å². The molecule has 0 bridgehead atoms. The second-order valence-corrected chi connectivity index (χ2v) is 7.62. The number of nitrogens with zero attached hydrogens (tertiary/aromatic N) is 1. The van der Waals surface area contributed by atoms with Crippen LogP contribution < -0.4 is 4.74 Å². The molecule has 0 amide bonds. The van der Waals surface area contributed by atoms with Gasteiger partial charge in [-0.15, -0.1) is 0 Å². The lowest BCUT2D eigenvalue weighted by atomic mass is 10.1. The number of pyridine rings is 1. The third-order valence-electron chi connectivity index (χ3n) is 3.41. The van der Waals surface area contributed by atoms with Crippen LogP contribution in [0, 0.1) is 6.92 Å². The maximum absolute atomic E-state index is 5.44. The van der Waals surface area contributed by atoms with Gasteiger partial charge in [-0.2, -0.15) is 0 Å². The molecule has 0 saturated heterocycles. The third kappa shape index (κ3) is 6.84. The topological polar surface area (TPSA) is 22.1 Å². The highest BCUT2D eigenvalue weighted by atomic mass is 127. The number of rotatable bonds is 9. The fourth-order valence-electron chi connectivity index (χ4n) is 2.16. The van der Waals surface area contributed by atoms with E-state index in [0.29, 0.717) is 0 Å². The Morgan fingerprint density at radius 2 is 1.76 bits per heavy atom. The van der Waals surface area contributed by atoms with Crippen LogP contribution >= 0.6 is 45.2 Å². The molecule has 0 saturated carbocycles. The van der Waals surface area contributed by atoms with Gasteiger partial charge in [-0.3, -0.25) is 0 Å². The van der Waals surface area contributed by atoms with Crippen LogP contribution in [0.25, 0.3) is 3.58 Å². The first-order chi connectivity index (χ1) is 10.1. The molecule has 0 atom stereocenters. The molecule has 1 rings (SSSR count). The standard InChI is InChI=1S/C17H25I2NO/c1-4-5-6-7-8-9-10-14(18)16(19)17-15(21-3)12-11-13(2)20-17/h11-12H,4-10H2,1-3H3/b16-14+. The second-order valence-electron chi connectivity index (χ2n) is 5.24. The average molecular weight is 513 g/mol. The van der Waals surface area contributed by atoms with E-state index >= 15 is 0 Å². The Labute approximate surface area is 156 Å². The minimum atomic E-state index is 0.863. The van der Waals surface area contributed by atoms with Gasteiger partial charge < -0.3 is 4.74 Å². The molecule has 0 aliphatic heterocycles. The van der Waals surface area contributed by atoms with E-state index in [1.54, 1.807) is 7.11 Å². The second kappa shape index (κ2) is 10.8. The Morgan fingerprint density at radius 3 is 2.43 bits per heavy atom. The van der Waals surface area contributed by atoms with Crippen LogP contribution in [-0.4, -0.2) is 12.1 Å². The molecule has 2 nitrogen and oxygen atoms in total. The Morgan fingerprint density at radius 1 is 1.10 bits per heavy atom. The fraction of sp³-hybridized carbons (Fsp3) is 0.588. The first-order valence-corrected chi connectivity index (χ1v) is 9.82. The molecule has 4 heteroatoms. The zero-order chi connectivity index (χ0) is 15.7. The summed E-state index contributed by atoms with van der Waals surface area (Å²) in [5, 5.41) is 0. The highest BCUT2D eigenvalue weighted by Crippen LogP contribution is 2.36. The lowest BCUT2D eigenvalue weighted by Gasteiger charge is -2.10. The highest BCUT2D eigenvalue weighted by Gasteiger charge is 2.12. The van der Waals surface area contributed by atoms with E-state index in [1.165, 1.54) is 45.7 Å². The molecule has 0 unspecified atom stereocenters. The number of halogens is 2. The third-order valence-corrected chi connectivity index (χ3v) is 6.69. The predicted octanol–water partition coefficient (Wildman–Crippen LogP) is 6.69. The summed E-state index contributed by atoms with van der Waals surface area (Å²) in [6, 6.07) is 4.00. The van der Waals surface area contributed by atoms with E-state index in [1.807, 2.05) is 19.1 Å². The van der Waals surface area contributed by atoms with Crippen molar-refractivity contribution in [3.8, 4) is 5.75 Å². The molecule has 0 spiro atoms. The Kier molecular flexibility index (Phi) is 9.88. The van der Waals surface area contributed by atoms with Crippen molar-refractivity contribution in [2.75, 3.05) is 7.11 Å². The Bertz CT molecular complexity index is 472. The van der Waals surface area contributed by atoms with E-state index in [0.717, 1.165) is 23.6 Å². The number of aryl methyl sites for hydroxylation is 1. The number of hydrogen-bond acceptors (Lipinski definition) is 2. The summed E-state index contributed by atoms with van der Waals surface area (Å²) in [6.45, 7) is 4.28. The van der Waals surface area contributed by atoms with Gasteiger partial charge in [-0.25, -0.2) is 4.98 Å². The predicted molar refractivity (Wildman–Crippen MR) is 108 cm³/mol. The van der Waals surface area contributed by atoms with Gasteiger partial charge in [0.15, 0.2) is 0 Å².